The van der Waals surface area contributed by atoms with Gasteiger partial charge in [0.2, 0.25) is 0 Å². The third kappa shape index (κ3) is 3.08. The molecule has 0 unspecified atom stereocenters. The summed E-state index contributed by atoms with van der Waals surface area (Å²) < 4.78 is 0.920. The third-order valence-corrected chi connectivity index (χ3v) is 4.34. The van der Waals surface area contributed by atoms with Gasteiger partial charge in [-0.05, 0) is 36.8 Å². The van der Waals surface area contributed by atoms with Gasteiger partial charge < -0.3 is 11.1 Å². The summed E-state index contributed by atoms with van der Waals surface area (Å²) in [5.74, 6) is -0.296. The van der Waals surface area contributed by atoms with Crippen molar-refractivity contribution in [3.63, 3.8) is 0 Å². The van der Waals surface area contributed by atoms with Gasteiger partial charge in [0, 0.05) is 15.7 Å². The topological polar surface area (TPSA) is 55.1 Å². The molecule has 20 heavy (non-hydrogen) atoms. The Labute approximate surface area is 135 Å². The van der Waals surface area contributed by atoms with Crippen LogP contribution < -0.4 is 11.1 Å². The molecule has 2 aromatic carbocycles. The van der Waals surface area contributed by atoms with Crippen LogP contribution in [0.2, 0.25) is 10.0 Å². The standard InChI is InChI=1S/C14H11BrCl2N2O/c1-7-9(15)3-2-4-12(7)19-14(20)8-5-10(16)13(18)11(17)6-8/h2-6H,18H2,1H3,(H,19,20). The molecule has 3 N–H and O–H groups in total. The second-order valence-corrected chi connectivity index (χ2v) is 5.89. The van der Waals surface area contributed by atoms with E-state index in [1.54, 1.807) is 0 Å². The van der Waals surface area contributed by atoms with Crippen molar-refractivity contribution in [3.05, 3.63) is 56.0 Å². The van der Waals surface area contributed by atoms with E-state index in [0.29, 0.717) is 11.3 Å². The second-order valence-electron chi connectivity index (χ2n) is 4.22. The van der Waals surface area contributed by atoms with E-state index in [1.807, 2.05) is 25.1 Å². The van der Waals surface area contributed by atoms with Crippen LogP contribution in [-0.2, 0) is 0 Å². The molecule has 0 saturated carbocycles. The lowest BCUT2D eigenvalue weighted by atomic mass is 10.1. The lowest BCUT2D eigenvalue weighted by molar-refractivity contribution is 0.102. The minimum Gasteiger partial charge on any atom is -0.396 e. The molecule has 3 nitrogen and oxygen atoms in total. The second kappa shape index (κ2) is 6.04. The molecular weight excluding hydrogens is 363 g/mol. The van der Waals surface area contributed by atoms with Gasteiger partial charge in [0.25, 0.3) is 5.91 Å². The number of carbonyl (C=O) groups excluding carboxylic acids is 1. The molecule has 0 atom stereocenters. The maximum atomic E-state index is 12.2. The molecule has 104 valence electrons. The number of rotatable bonds is 2. The Balaban J connectivity index is 2.31. The number of halogens is 3. The summed E-state index contributed by atoms with van der Waals surface area (Å²) in [6.07, 6.45) is 0. The molecule has 0 aliphatic carbocycles. The first kappa shape index (κ1) is 15.2. The minimum atomic E-state index is -0.296. The van der Waals surface area contributed by atoms with Gasteiger partial charge >= 0.3 is 0 Å². The van der Waals surface area contributed by atoms with E-state index in [2.05, 4.69) is 21.2 Å². The van der Waals surface area contributed by atoms with Gasteiger partial charge in [-0.2, -0.15) is 0 Å². The summed E-state index contributed by atoms with van der Waals surface area (Å²) in [4.78, 5) is 12.2. The molecule has 0 aliphatic rings. The predicted molar refractivity (Wildman–Crippen MR) is 87.7 cm³/mol. The SMILES string of the molecule is Cc1c(Br)cccc1NC(=O)c1cc(Cl)c(N)c(Cl)c1. The largest absolute Gasteiger partial charge is 0.396 e. The van der Waals surface area contributed by atoms with Crippen molar-refractivity contribution in [2.75, 3.05) is 11.1 Å². The van der Waals surface area contributed by atoms with Crippen molar-refractivity contribution in [2.24, 2.45) is 0 Å². The van der Waals surface area contributed by atoms with Crippen molar-refractivity contribution in [1.29, 1.82) is 0 Å². The summed E-state index contributed by atoms with van der Waals surface area (Å²) in [7, 11) is 0. The zero-order valence-corrected chi connectivity index (χ0v) is 13.6. The Hall–Kier alpha value is -1.23. The van der Waals surface area contributed by atoms with E-state index >= 15 is 0 Å². The summed E-state index contributed by atoms with van der Waals surface area (Å²) in [6, 6.07) is 8.55. The smallest absolute Gasteiger partial charge is 0.255 e. The molecular formula is C14H11BrCl2N2O. The molecule has 0 radical (unpaired) electrons. The number of nitrogen functional groups attached to an aromatic ring is 1. The Bertz CT molecular complexity index is 666. The van der Waals surface area contributed by atoms with Gasteiger partial charge in [0.1, 0.15) is 0 Å². The number of hydrogen-bond acceptors (Lipinski definition) is 2. The van der Waals surface area contributed by atoms with E-state index < -0.39 is 0 Å². The van der Waals surface area contributed by atoms with Gasteiger partial charge in [0.15, 0.2) is 0 Å². The number of nitrogens with two attached hydrogens (primary N) is 1. The first-order valence-electron chi connectivity index (χ1n) is 5.71. The Morgan fingerprint density at radius 1 is 1.25 bits per heavy atom. The average Bonchev–Trinajstić information content (AvgIpc) is 2.40. The van der Waals surface area contributed by atoms with Crippen LogP contribution in [0.15, 0.2) is 34.8 Å². The Kier molecular flexibility index (Phi) is 4.58. The highest BCUT2D eigenvalue weighted by Gasteiger charge is 2.12. The van der Waals surface area contributed by atoms with Crippen LogP contribution in [0.5, 0.6) is 0 Å². The zero-order valence-electron chi connectivity index (χ0n) is 10.5. The molecule has 0 spiro atoms. The number of amides is 1. The summed E-state index contributed by atoms with van der Waals surface area (Å²) >= 11 is 15.3. The summed E-state index contributed by atoms with van der Waals surface area (Å²) in [6.45, 7) is 1.91. The average molecular weight is 374 g/mol. The molecule has 1 amide bonds. The number of benzene rings is 2. The molecule has 0 aromatic heterocycles. The van der Waals surface area contributed by atoms with Crippen molar-refractivity contribution >= 4 is 56.4 Å². The highest BCUT2D eigenvalue weighted by molar-refractivity contribution is 9.10. The molecule has 0 fully saturated rings. The van der Waals surface area contributed by atoms with Crippen LogP contribution in [-0.4, -0.2) is 5.91 Å². The van der Waals surface area contributed by atoms with Crippen LogP contribution in [0, 0.1) is 6.92 Å². The van der Waals surface area contributed by atoms with Crippen molar-refractivity contribution in [3.8, 4) is 0 Å². The first-order chi connectivity index (χ1) is 9.40. The summed E-state index contributed by atoms with van der Waals surface area (Å²) in [5, 5.41) is 3.33. The number of anilines is 2. The predicted octanol–water partition coefficient (Wildman–Crippen LogP) is 4.90. The van der Waals surface area contributed by atoms with Crippen LogP contribution in [0.3, 0.4) is 0 Å². The molecule has 0 saturated heterocycles. The fraction of sp³-hybridized carbons (Fsp3) is 0.0714. The highest BCUT2D eigenvalue weighted by atomic mass is 79.9. The number of nitrogens with one attached hydrogen (secondary N) is 1. The van der Waals surface area contributed by atoms with E-state index in [1.165, 1.54) is 12.1 Å². The zero-order chi connectivity index (χ0) is 14.9. The van der Waals surface area contributed by atoms with Crippen LogP contribution in [0.25, 0.3) is 0 Å². The van der Waals surface area contributed by atoms with Gasteiger partial charge in [-0.25, -0.2) is 0 Å². The fourth-order valence-electron chi connectivity index (χ4n) is 1.65. The van der Waals surface area contributed by atoms with Crippen molar-refractivity contribution in [1.82, 2.24) is 0 Å². The lowest BCUT2D eigenvalue weighted by Crippen LogP contribution is -2.13. The van der Waals surface area contributed by atoms with Gasteiger partial charge in [-0.1, -0.05) is 45.2 Å². The molecule has 6 heteroatoms. The van der Waals surface area contributed by atoms with Crippen LogP contribution in [0.4, 0.5) is 11.4 Å². The maximum absolute atomic E-state index is 12.2. The molecule has 0 heterocycles. The van der Waals surface area contributed by atoms with Crippen LogP contribution >= 0.6 is 39.1 Å². The highest BCUT2D eigenvalue weighted by Crippen LogP contribution is 2.30. The third-order valence-electron chi connectivity index (χ3n) is 2.86. The van der Waals surface area contributed by atoms with E-state index in [4.69, 9.17) is 28.9 Å². The first-order valence-corrected chi connectivity index (χ1v) is 7.26. The molecule has 0 bridgehead atoms. The molecule has 2 aromatic rings. The molecule has 2 rings (SSSR count). The van der Waals surface area contributed by atoms with Gasteiger partial charge in [-0.3, -0.25) is 4.79 Å². The van der Waals surface area contributed by atoms with Gasteiger partial charge in [-0.15, -0.1) is 0 Å². The quantitative estimate of drug-likeness (QED) is 0.735. The van der Waals surface area contributed by atoms with Crippen LogP contribution in [0.1, 0.15) is 15.9 Å². The van der Waals surface area contributed by atoms with Gasteiger partial charge in [0.05, 0.1) is 15.7 Å². The van der Waals surface area contributed by atoms with E-state index in [9.17, 15) is 4.79 Å². The minimum absolute atomic E-state index is 0.258. The monoisotopic (exact) mass is 372 g/mol. The summed E-state index contributed by atoms with van der Waals surface area (Å²) in [5.41, 5.74) is 7.92. The van der Waals surface area contributed by atoms with E-state index in [-0.39, 0.29) is 21.6 Å². The maximum Gasteiger partial charge on any atom is 0.255 e. The van der Waals surface area contributed by atoms with Crippen molar-refractivity contribution < 1.29 is 4.79 Å². The Morgan fingerprint density at radius 3 is 2.45 bits per heavy atom. The Morgan fingerprint density at radius 2 is 1.85 bits per heavy atom. The van der Waals surface area contributed by atoms with E-state index in [0.717, 1.165) is 10.0 Å². The normalized spacial score (nSPS) is 10.4. The molecule has 0 aliphatic heterocycles. The lowest BCUT2D eigenvalue weighted by Gasteiger charge is -2.11. The number of carbonyl (C=O) groups is 1. The fourth-order valence-corrected chi connectivity index (χ4v) is 2.51. The number of hydrogen-bond donors (Lipinski definition) is 2. The van der Waals surface area contributed by atoms with Crippen molar-refractivity contribution in [2.45, 2.75) is 6.92 Å².